The summed E-state index contributed by atoms with van der Waals surface area (Å²) < 4.78 is 6.67. The molecule has 0 unspecified atom stereocenters. The minimum atomic E-state index is -0.199. The van der Waals surface area contributed by atoms with Crippen LogP contribution < -0.4 is 10.1 Å². The van der Waals surface area contributed by atoms with Crippen LogP contribution in [0, 0.1) is 6.92 Å². The molecular formula is C23H24ClN5O2. The number of aryl methyl sites for hydroxylation is 1. The Kier molecular flexibility index (Phi) is 5.23. The van der Waals surface area contributed by atoms with Gasteiger partial charge in [0.1, 0.15) is 10.8 Å². The number of nitrogens with one attached hydrogen (secondary N) is 2. The van der Waals surface area contributed by atoms with Crippen molar-refractivity contribution in [2.75, 3.05) is 12.4 Å². The lowest BCUT2D eigenvalue weighted by Gasteiger charge is -2.14. The van der Waals surface area contributed by atoms with E-state index in [1.165, 1.54) is 4.63 Å². The third kappa shape index (κ3) is 4.01. The maximum Gasteiger partial charge on any atom is 0.255 e. The molecule has 0 aliphatic heterocycles. The highest BCUT2D eigenvalue weighted by Gasteiger charge is 2.25. The van der Waals surface area contributed by atoms with Gasteiger partial charge in [-0.25, -0.2) is 0 Å². The third-order valence-corrected chi connectivity index (χ3v) is 5.42. The molecule has 2 heterocycles. The van der Waals surface area contributed by atoms with Crippen LogP contribution in [0.4, 0.5) is 5.69 Å². The first-order valence-electron chi connectivity index (χ1n) is 9.89. The van der Waals surface area contributed by atoms with Crippen LogP contribution in [0.25, 0.3) is 17.0 Å². The Morgan fingerprint density at radius 3 is 2.45 bits per heavy atom. The minimum Gasteiger partial charge on any atom is -0.497 e. The zero-order chi connectivity index (χ0) is 22.3. The monoisotopic (exact) mass is 437 g/mol. The van der Waals surface area contributed by atoms with E-state index >= 15 is 0 Å². The maximum absolute atomic E-state index is 12.7. The zero-order valence-corrected chi connectivity index (χ0v) is 18.8. The van der Waals surface area contributed by atoms with Crippen molar-refractivity contribution in [2.45, 2.75) is 33.1 Å². The molecule has 4 rings (SSSR count). The summed E-state index contributed by atoms with van der Waals surface area (Å²) in [4.78, 5) is 15.9. The van der Waals surface area contributed by atoms with Gasteiger partial charge in [0.15, 0.2) is 11.5 Å². The number of hydrogen-bond donors (Lipinski definition) is 2. The van der Waals surface area contributed by atoms with Gasteiger partial charge in [0.2, 0.25) is 0 Å². The average Bonchev–Trinajstić information content (AvgIpc) is 3.29. The number of rotatable bonds is 4. The predicted octanol–water partition coefficient (Wildman–Crippen LogP) is 5.24. The van der Waals surface area contributed by atoms with Crippen LogP contribution in [-0.4, -0.2) is 32.8 Å². The molecule has 0 saturated carbocycles. The molecule has 8 heteroatoms. The highest BCUT2D eigenvalue weighted by molar-refractivity contribution is 6.34. The van der Waals surface area contributed by atoms with Gasteiger partial charge in [0, 0.05) is 22.2 Å². The molecule has 0 spiro atoms. The number of benzene rings is 2. The summed E-state index contributed by atoms with van der Waals surface area (Å²) in [6.07, 6.45) is 0. The molecule has 0 radical (unpaired) electrons. The number of aromatic nitrogens is 4. The fourth-order valence-corrected chi connectivity index (χ4v) is 3.69. The number of carbonyl (C=O) groups excluding carboxylic acids is 1. The van der Waals surface area contributed by atoms with Crippen LogP contribution >= 0.6 is 11.6 Å². The largest absolute Gasteiger partial charge is 0.497 e. The van der Waals surface area contributed by atoms with Gasteiger partial charge < -0.3 is 15.0 Å². The Morgan fingerprint density at radius 2 is 1.84 bits per heavy atom. The summed E-state index contributed by atoms with van der Waals surface area (Å²) in [5.74, 6) is 1.12. The third-order valence-electron chi connectivity index (χ3n) is 5.06. The van der Waals surface area contributed by atoms with Crippen molar-refractivity contribution in [3.05, 3.63) is 64.3 Å². The minimum absolute atomic E-state index is 0.186. The van der Waals surface area contributed by atoms with Crippen LogP contribution in [0.1, 0.15) is 42.4 Å². The van der Waals surface area contributed by atoms with Crippen molar-refractivity contribution in [1.82, 2.24) is 19.8 Å². The second-order valence-electron chi connectivity index (χ2n) is 8.44. The molecule has 2 aromatic heterocycles. The lowest BCUT2D eigenvalue weighted by atomic mass is 9.92. The Morgan fingerprint density at radius 1 is 1.13 bits per heavy atom. The number of methoxy groups -OCH3 is 1. The van der Waals surface area contributed by atoms with Gasteiger partial charge in [-0.05, 0) is 42.8 Å². The van der Waals surface area contributed by atoms with E-state index in [0.717, 1.165) is 16.8 Å². The summed E-state index contributed by atoms with van der Waals surface area (Å²) in [6.45, 7) is 8.10. The van der Waals surface area contributed by atoms with Crippen molar-refractivity contribution in [3.8, 4) is 17.1 Å². The average molecular weight is 438 g/mol. The Balaban J connectivity index is 1.63. The van der Waals surface area contributed by atoms with Gasteiger partial charge in [-0.15, -0.1) is 9.73 Å². The maximum atomic E-state index is 12.7. The molecule has 2 aromatic carbocycles. The molecular weight excluding hydrogens is 414 g/mol. The summed E-state index contributed by atoms with van der Waals surface area (Å²) >= 11 is 6.54. The van der Waals surface area contributed by atoms with Crippen molar-refractivity contribution in [3.63, 3.8) is 0 Å². The fraction of sp³-hybridized carbons (Fsp3) is 0.261. The quantitative estimate of drug-likeness (QED) is 0.457. The molecule has 31 heavy (non-hydrogen) atoms. The number of H-pyrrole nitrogens is 1. The predicted molar refractivity (Wildman–Crippen MR) is 122 cm³/mol. The van der Waals surface area contributed by atoms with Gasteiger partial charge in [-0.1, -0.05) is 44.5 Å². The van der Waals surface area contributed by atoms with Gasteiger partial charge in [0.05, 0.1) is 12.8 Å². The normalized spacial score (nSPS) is 11.7. The van der Waals surface area contributed by atoms with E-state index in [2.05, 4.69) is 41.3 Å². The molecule has 0 atom stereocenters. The standard InChI is InChI=1S/C23H24ClN5O2/c1-13-6-7-15(12-17(13)25-22(30)14-8-10-16(31-5)11-9-14)20-26-21-18(24)19(23(2,3)4)27-29(21)28-20/h6-12H,1-5H3,(H,25,30)(H,26,28). The number of fused-ring (bicyclic) bond motifs is 1. The smallest absolute Gasteiger partial charge is 0.255 e. The molecule has 0 fully saturated rings. The summed E-state index contributed by atoms with van der Waals surface area (Å²) in [5, 5.41) is 12.6. The van der Waals surface area contributed by atoms with Crippen LogP contribution in [0.5, 0.6) is 5.75 Å². The van der Waals surface area contributed by atoms with Gasteiger partial charge in [-0.3, -0.25) is 4.79 Å². The molecule has 0 aliphatic carbocycles. The van der Waals surface area contributed by atoms with Crippen LogP contribution in [0.15, 0.2) is 42.5 Å². The van der Waals surface area contributed by atoms with Crippen molar-refractivity contribution in [1.29, 1.82) is 0 Å². The van der Waals surface area contributed by atoms with Gasteiger partial charge in [0.25, 0.3) is 5.91 Å². The molecule has 160 valence electrons. The first-order valence-corrected chi connectivity index (χ1v) is 10.3. The number of hydrogen-bond acceptors (Lipinski definition) is 4. The number of ether oxygens (including phenoxy) is 1. The number of amides is 1. The van der Waals surface area contributed by atoms with Crippen molar-refractivity contribution in [2.24, 2.45) is 0 Å². The lowest BCUT2D eigenvalue weighted by molar-refractivity contribution is 0.102. The second-order valence-corrected chi connectivity index (χ2v) is 8.81. The van der Waals surface area contributed by atoms with E-state index in [1.807, 2.05) is 25.1 Å². The summed E-state index contributed by atoms with van der Waals surface area (Å²) in [5.41, 5.74) is 4.25. The lowest BCUT2D eigenvalue weighted by Crippen LogP contribution is -2.13. The first-order chi connectivity index (χ1) is 14.7. The highest BCUT2D eigenvalue weighted by atomic mass is 35.5. The second kappa shape index (κ2) is 7.74. The van der Waals surface area contributed by atoms with E-state index in [-0.39, 0.29) is 11.3 Å². The van der Waals surface area contributed by atoms with E-state index in [4.69, 9.17) is 16.3 Å². The van der Waals surface area contributed by atoms with Gasteiger partial charge in [-0.2, -0.15) is 5.10 Å². The number of aromatic amines is 1. The molecule has 0 bridgehead atoms. The summed E-state index contributed by atoms with van der Waals surface area (Å²) in [6, 6.07) is 12.7. The number of halogens is 1. The van der Waals surface area contributed by atoms with Crippen molar-refractivity contribution >= 4 is 28.8 Å². The topological polar surface area (TPSA) is 84.3 Å². The van der Waals surface area contributed by atoms with Crippen molar-refractivity contribution < 1.29 is 9.53 Å². The fourth-order valence-electron chi connectivity index (χ4n) is 3.25. The molecule has 1 amide bonds. The van der Waals surface area contributed by atoms with Crippen LogP contribution in [-0.2, 0) is 5.41 Å². The van der Waals surface area contributed by atoms with E-state index in [9.17, 15) is 4.79 Å². The number of anilines is 1. The van der Waals surface area contributed by atoms with E-state index in [0.29, 0.717) is 33.5 Å². The first kappa shape index (κ1) is 20.9. The van der Waals surface area contributed by atoms with Crippen LogP contribution in [0.2, 0.25) is 5.02 Å². The molecule has 7 nitrogen and oxygen atoms in total. The SMILES string of the molecule is COc1ccc(C(=O)Nc2cc(-c3nn4nc(C(C)(C)C)c(Cl)c4[nH]3)ccc2C)cc1. The number of carbonyl (C=O) groups is 1. The zero-order valence-electron chi connectivity index (χ0n) is 18.1. The molecule has 0 aliphatic rings. The van der Waals surface area contributed by atoms with E-state index < -0.39 is 0 Å². The Labute approximate surface area is 185 Å². The number of nitrogens with zero attached hydrogens (tertiary/aromatic N) is 3. The molecule has 4 aromatic rings. The van der Waals surface area contributed by atoms with Crippen LogP contribution in [0.3, 0.4) is 0 Å². The Hall–Kier alpha value is -3.32. The summed E-state index contributed by atoms with van der Waals surface area (Å²) in [7, 11) is 1.59. The van der Waals surface area contributed by atoms with Gasteiger partial charge >= 0.3 is 0 Å². The molecule has 2 N–H and O–H groups in total. The highest BCUT2D eigenvalue weighted by Crippen LogP contribution is 2.32. The Bertz CT molecular complexity index is 1270. The van der Waals surface area contributed by atoms with E-state index in [1.54, 1.807) is 31.4 Å². The molecule has 0 saturated heterocycles.